The topological polar surface area (TPSA) is 0 Å². The quantitative estimate of drug-likeness (QED) is 0.281. The first-order valence-electron chi connectivity index (χ1n) is 13.6. The third kappa shape index (κ3) is 5.75. The summed E-state index contributed by atoms with van der Waals surface area (Å²) in [5, 5.41) is 0. The standard InChI is InChI=1S/C36H38.2ClH.Zr/c1-35(2,3)26-15-17-28-25(20-26)22-33-30(28)18-19-34(36(4,5)6)31(33)16-14-23-11-9-13-29-27-12-8-7-10-24(27)21-32(23)29;;;/h7-13,15,17-20H,14,16,21-22H2,1-6H3;2*1H;/q;;;+2/p-2. The van der Waals surface area contributed by atoms with Gasteiger partial charge in [-0.2, -0.15) is 0 Å². The van der Waals surface area contributed by atoms with Gasteiger partial charge in [0.05, 0.1) is 0 Å². The van der Waals surface area contributed by atoms with Crippen molar-refractivity contribution < 1.29 is 51.0 Å². The van der Waals surface area contributed by atoms with Gasteiger partial charge in [0.25, 0.3) is 0 Å². The first kappa shape index (κ1) is 31.9. The van der Waals surface area contributed by atoms with Crippen molar-refractivity contribution in [2.24, 2.45) is 0 Å². The van der Waals surface area contributed by atoms with Gasteiger partial charge >= 0.3 is 26.2 Å². The Morgan fingerprint density at radius 1 is 0.564 bits per heavy atom. The summed E-state index contributed by atoms with van der Waals surface area (Å²) in [4.78, 5) is 0. The summed E-state index contributed by atoms with van der Waals surface area (Å²) in [7, 11) is 0. The van der Waals surface area contributed by atoms with Crippen LogP contribution < -0.4 is 24.8 Å². The van der Waals surface area contributed by atoms with E-state index >= 15 is 0 Å². The molecule has 0 unspecified atom stereocenters. The third-order valence-electron chi connectivity index (χ3n) is 8.46. The Morgan fingerprint density at radius 2 is 1.18 bits per heavy atom. The molecule has 0 nitrogen and oxygen atoms in total. The summed E-state index contributed by atoms with van der Waals surface area (Å²) in [6, 6.07) is 27.9. The molecule has 6 rings (SSSR count). The maximum atomic E-state index is 2.47. The number of aryl methyl sites for hydroxylation is 1. The fraction of sp³-hybridized carbons (Fsp3) is 0.333. The number of rotatable bonds is 3. The van der Waals surface area contributed by atoms with Crippen LogP contribution in [-0.2, 0) is 62.7 Å². The van der Waals surface area contributed by atoms with Crippen LogP contribution in [0.3, 0.4) is 0 Å². The zero-order valence-electron chi connectivity index (χ0n) is 24.0. The van der Waals surface area contributed by atoms with E-state index in [1.54, 1.807) is 16.7 Å². The van der Waals surface area contributed by atoms with Gasteiger partial charge < -0.3 is 24.8 Å². The minimum Gasteiger partial charge on any atom is -1.00 e. The van der Waals surface area contributed by atoms with Crippen molar-refractivity contribution in [1.82, 2.24) is 0 Å². The summed E-state index contributed by atoms with van der Waals surface area (Å²) < 4.78 is 0. The molecule has 4 aromatic rings. The van der Waals surface area contributed by atoms with Crippen molar-refractivity contribution in [2.45, 2.75) is 78.1 Å². The maximum Gasteiger partial charge on any atom is 2.00 e. The molecule has 0 fully saturated rings. The number of halogens is 2. The van der Waals surface area contributed by atoms with Crippen LogP contribution in [0.15, 0.2) is 72.8 Å². The zero-order chi connectivity index (χ0) is 25.2. The van der Waals surface area contributed by atoms with Crippen LogP contribution in [0.5, 0.6) is 0 Å². The van der Waals surface area contributed by atoms with Crippen molar-refractivity contribution in [3.8, 4) is 22.3 Å². The van der Waals surface area contributed by atoms with Gasteiger partial charge in [-0.15, -0.1) is 0 Å². The molecule has 0 N–H and O–H groups in total. The van der Waals surface area contributed by atoms with Crippen LogP contribution in [-0.4, -0.2) is 0 Å². The SMILES string of the molecule is CC(C)(C)c1ccc2c(c1)Cc1c-2ccc(C(C)(C)C)c1CCc1cccc2c1Cc1ccccc1-2.[Cl-].[Cl-].[Zr+2]. The summed E-state index contributed by atoms with van der Waals surface area (Å²) in [6.07, 6.45) is 4.33. The fourth-order valence-corrected chi connectivity index (χ4v) is 6.51. The van der Waals surface area contributed by atoms with Gasteiger partial charge in [0.15, 0.2) is 0 Å². The van der Waals surface area contributed by atoms with Gasteiger partial charge in [-0.1, -0.05) is 114 Å². The second kappa shape index (κ2) is 11.7. The zero-order valence-corrected chi connectivity index (χ0v) is 28.0. The molecule has 0 aliphatic heterocycles. The van der Waals surface area contributed by atoms with Crippen LogP contribution in [0.25, 0.3) is 22.3 Å². The number of hydrogen-bond donors (Lipinski definition) is 0. The fourth-order valence-electron chi connectivity index (χ4n) is 6.51. The van der Waals surface area contributed by atoms with Crippen LogP contribution in [0.4, 0.5) is 0 Å². The first-order chi connectivity index (χ1) is 17.1. The third-order valence-corrected chi connectivity index (χ3v) is 8.46. The van der Waals surface area contributed by atoms with E-state index in [9.17, 15) is 0 Å². The Balaban J connectivity index is 0.00000140. The molecule has 4 aromatic carbocycles. The van der Waals surface area contributed by atoms with Crippen molar-refractivity contribution >= 4 is 0 Å². The molecule has 0 atom stereocenters. The first-order valence-corrected chi connectivity index (χ1v) is 13.6. The van der Waals surface area contributed by atoms with E-state index in [0.29, 0.717) is 0 Å². The Morgan fingerprint density at radius 3 is 1.90 bits per heavy atom. The van der Waals surface area contributed by atoms with Crippen molar-refractivity contribution in [3.63, 3.8) is 0 Å². The van der Waals surface area contributed by atoms with Gasteiger partial charge in [-0.05, 0) is 103 Å². The molecule has 200 valence electrons. The molecule has 0 heterocycles. The van der Waals surface area contributed by atoms with Gasteiger partial charge in [0.2, 0.25) is 0 Å². The summed E-state index contributed by atoms with van der Waals surface area (Å²) >= 11 is 0. The van der Waals surface area contributed by atoms with E-state index in [2.05, 4.69) is 114 Å². The second-order valence-electron chi connectivity index (χ2n) is 12.9. The van der Waals surface area contributed by atoms with Gasteiger partial charge in [0, 0.05) is 0 Å². The van der Waals surface area contributed by atoms with Gasteiger partial charge in [0.1, 0.15) is 0 Å². The minimum atomic E-state index is 0. The average Bonchev–Trinajstić information content (AvgIpc) is 3.39. The summed E-state index contributed by atoms with van der Waals surface area (Å²) in [5.74, 6) is 0. The van der Waals surface area contributed by atoms with Gasteiger partial charge in [-0.25, -0.2) is 0 Å². The molecular weight excluding hydrogens is 595 g/mol. The van der Waals surface area contributed by atoms with Crippen LogP contribution in [0, 0.1) is 0 Å². The minimum absolute atomic E-state index is 0. The van der Waals surface area contributed by atoms with E-state index in [-0.39, 0.29) is 61.8 Å². The molecule has 0 radical (unpaired) electrons. The van der Waals surface area contributed by atoms with E-state index < -0.39 is 0 Å². The Labute approximate surface area is 267 Å². The van der Waals surface area contributed by atoms with Crippen LogP contribution in [0.1, 0.15) is 86.1 Å². The average molecular weight is 633 g/mol. The van der Waals surface area contributed by atoms with Crippen LogP contribution >= 0.6 is 0 Å². The molecule has 0 aromatic heterocycles. The molecule has 3 heteroatoms. The smallest absolute Gasteiger partial charge is 1.00 e. The number of fused-ring (bicyclic) bond motifs is 6. The molecule has 0 saturated heterocycles. The van der Waals surface area contributed by atoms with E-state index in [4.69, 9.17) is 0 Å². The van der Waals surface area contributed by atoms with Crippen molar-refractivity contribution in [2.75, 3.05) is 0 Å². The maximum absolute atomic E-state index is 2.47. The molecule has 2 aliphatic carbocycles. The Bertz CT molecular complexity index is 1500. The molecule has 2 aliphatic rings. The second-order valence-corrected chi connectivity index (χ2v) is 12.9. The molecule has 0 spiro atoms. The number of hydrogen-bond acceptors (Lipinski definition) is 0. The predicted molar refractivity (Wildman–Crippen MR) is 154 cm³/mol. The van der Waals surface area contributed by atoms with Gasteiger partial charge in [-0.3, -0.25) is 0 Å². The molecule has 39 heavy (non-hydrogen) atoms. The van der Waals surface area contributed by atoms with E-state index in [0.717, 1.165) is 25.7 Å². The Hall–Kier alpha value is -1.66. The van der Waals surface area contributed by atoms with Crippen molar-refractivity contribution in [1.29, 1.82) is 0 Å². The Kier molecular flexibility index (Phi) is 9.54. The molecular formula is C36H38Cl2Zr. The normalized spacial score (nSPS) is 12.8. The molecule has 0 amide bonds. The van der Waals surface area contributed by atoms with Crippen LogP contribution in [0.2, 0.25) is 0 Å². The largest absolute Gasteiger partial charge is 2.00 e. The van der Waals surface area contributed by atoms with Crippen molar-refractivity contribution in [3.05, 3.63) is 117 Å². The molecule has 0 saturated carbocycles. The van der Waals surface area contributed by atoms with E-state index in [1.165, 1.54) is 50.1 Å². The summed E-state index contributed by atoms with van der Waals surface area (Å²) in [6.45, 7) is 14.1. The predicted octanol–water partition coefficient (Wildman–Crippen LogP) is 3.21. The number of benzene rings is 4. The van der Waals surface area contributed by atoms with E-state index in [1.807, 2.05) is 0 Å². The molecule has 0 bridgehead atoms. The summed E-state index contributed by atoms with van der Waals surface area (Å²) in [5.41, 5.74) is 18.2. The monoisotopic (exact) mass is 630 g/mol.